The van der Waals surface area contributed by atoms with Crippen molar-refractivity contribution in [2.45, 2.75) is 51.1 Å². The Morgan fingerprint density at radius 1 is 1.32 bits per heavy atom. The van der Waals surface area contributed by atoms with Crippen LogP contribution >= 0.6 is 23.1 Å². The number of carbonyl (C=O) groups excluding carboxylic acids is 4. The predicted molar refractivity (Wildman–Crippen MR) is 147 cm³/mol. The Hall–Kier alpha value is -3.43. The van der Waals surface area contributed by atoms with Gasteiger partial charge in [0.1, 0.15) is 29.9 Å². The molecule has 0 radical (unpaired) electrons. The van der Waals surface area contributed by atoms with E-state index in [-0.39, 0.29) is 28.3 Å². The van der Waals surface area contributed by atoms with Crippen LogP contribution in [0.2, 0.25) is 0 Å². The van der Waals surface area contributed by atoms with E-state index in [4.69, 9.17) is 24.8 Å². The van der Waals surface area contributed by atoms with Crippen molar-refractivity contribution >= 4 is 57.7 Å². The first kappa shape index (κ1) is 29.6. The molecule has 3 aliphatic heterocycles. The average Bonchev–Trinajstić information content (AvgIpc) is 3.59. The summed E-state index contributed by atoms with van der Waals surface area (Å²) in [5.74, 6) is -2.20. The molecule has 1 aromatic heterocycles. The lowest BCUT2D eigenvalue weighted by atomic mass is 9.98. The normalized spacial score (nSPS) is 23.1. The summed E-state index contributed by atoms with van der Waals surface area (Å²) in [6.45, 7) is 5.09. The van der Waals surface area contributed by atoms with Crippen LogP contribution in [0.1, 0.15) is 39.3 Å². The molecule has 0 bridgehead atoms. The smallest absolute Gasteiger partial charge is 0.358 e. The third-order valence-electron chi connectivity index (χ3n) is 6.11. The maximum atomic E-state index is 13.3. The number of oxime groups is 1. The van der Waals surface area contributed by atoms with Crippen molar-refractivity contribution in [3.63, 3.8) is 0 Å². The van der Waals surface area contributed by atoms with Gasteiger partial charge in [-0.3, -0.25) is 19.3 Å². The van der Waals surface area contributed by atoms with Crippen LogP contribution in [0.5, 0.6) is 0 Å². The first-order chi connectivity index (χ1) is 19.0. The molecule has 2 amide bonds. The molecule has 4 heterocycles. The van der Waals surface area contributed by atoms with E-state index in [0.29, 0.717) is 17.9 Å². The maximum Gasteiger partial charge on any atom is 0.358 e. The highest BCUT2D eigenvalue weighted by Gasteiger charge is 2.54. The van der Waals surface area contributed by atoms with Crippen LogP contribution in [0, 0.1) is 5.41 Å². The number of nitrogens with two attached hydrogens (primary N) is 1. The van der Waals surface area contributed by atoms with Crippen molar-refractivity contribution in [3.05, 3.63) is 34.5 Å². The van der Waals surface area contributed by atoms with Gasteiger partial charge in [0.2, 0.25) is 6.79 Å². The van der Waals surface area contributed by atoms with Crippen molar-refractivity contribution in [2.24, 2.45) is 10.6 Å². The maximum absolute atomic E-state index is 13.3. The first-order valence-corrected chi connectivity index (χ1v) is 14.4. The minimum atomic E-state index is -0.944. The van der Waals surface area contributed by atoms with Gasteiger partial charge in [-0.2, -0.15) is 0 Å². The molecule has 0 saturated carbocycles. The summed E-state index contributed by atoms with van der Waals surface area (Å²) < 4.78 is 16.0. The van der Waals surface area contributed by atoms with E-state index >= 15 is 0 Å². The lowest BCUT2D eigenvalue weighted by Gasteiger charge is -2.49. The highest BCUT2D eigenvalue weighted by Crippen LogP contribution is 2.41. The number of aromatic nitrogens is 1. The third-order valence-corrected chi connectivity index (χ3v) is 8.09. The van der Waals surface area contributed by atoms with E-state index in [0.717, 1.165) is 24.2 Å². The Morgan fingerprint density at radius 3 is 2.73 bits per heavy atom. The first-order valence-electron chi connectivity index (χ1n) is 12.5. The van der Waals surface area contributed by atoms with Crippen molar-refractivity contribution in [1.82, 2.24) is 15.2 Å². The van der Waals surface area contributed by atoms with Crippen molar-refractivity contribution < 1.29 is 38.2 Å². The zero-order valence-electron chi connectivity index (χ0n) is 22.5. The number of thioether (sulfide) groups is 1. The molecular weight excluding hydrogens is 562 g/mol. The van der Waals surface area contributed by atoms with Crippen LogP contribution in [0.25, 0.3) is 0 Å². The van der Waals surface area contributed by atoms with E-state index < -0.39 is 47.4 Å². The summed E-state index contributed by atoms with van der Waals surface area (Å²) in [5, 5.41) is 7.62. The monoisotopic (exact) mass is 593 g/mol. The number of amides is 2. The van der Waals surface area contributed by atoms with Crippen LogP contribution in [0.4, 0.5) is 5.13 Å². The standard InChI is InChI=1S/C25H31N5O8S2/c1-25(2,3)23(34)38-12-37-22(33)18-13(7-8-14-6-5-9-36-14)10-39-21-17(20(32)30(18)21)28-19(31)16(29-35-4)15-11-40-24(26)27-15/h7-8,11,14,17,21H,5-6,9-10,12H2,1-4H3,(H2,26,27)(H,28,31)/b8-7+,29-16-/t14?,17-,21-/m1/s1. The topological polar surface area (TPSA) is 172 Å². The number of nitrogens with one attached hydrogen (secondary N) is 1. The van der Waals surface area contributed by atoms with Crippen molar-refractivity contribution in [1.29, 1.82) is 0 Å². The zero-order valence-corrected chi connectivity index (χ0v) is 24.1. The number of rotatable bonds is 9. The Kier molecular flexibility index (Phi) is 9.15. The fourth-order valence-corrected chi connectivity index (χ4v) is 5.93. The molecule has 3 atom stereocenters. The Labute approximate surface area is 239 Å². The number of allylic oxidation sites excluding steroid dienone is 1. The van der Waals surface area contributed by atoms with Gasteiger partial charge in [-0.05, 0) is 39.2 Å². The van der Waals surface area contributed by atoms with Crippen LogP contribution < -0.4 is 11.1 Å². The van der Waals surface area contributed by atoms with Gasteiger partial charge < -0.3 is 30.1 Å². The molecule has 40 heavy (non-hydrogen) atoms. The molecule has 3 aliphatic rings. The number of ether oxygens (including phenoxy) is 3. The summed E-state index contributed by atoms with van der Waals surface area (Å²) in [6, 6.07) is -0.944. The van der Waals surface area contributed by atoms with Crippen molar-refractivity contribution in [2.75, 3.05) is 32.0 Å². The van der Waals surface area contributed by atoms with Gasteiger partial charge in [0.25, 0.3) is 11.8 Å². The lowest BCUT2D eigenvalue weighted by molar-refractivity contribution is -0.173. The number of fused-ring (bicyclic) bond motifs is 1. The summed E-state index contributed by atoms with van der Waals surface area (Å²) in [6.07, 6.45) is 5.32. The molecule has 3 N–H and O–H groups in total. The van der Waals surface area contributed by atoms with Crippen molar-refractivity contribution in [3.8, 4) is 0 Å². The average molecular weight is 594 g/mol. The Bertz CT molecular complexity index is 1260. The van der Waals surface area contributed by atoms with Gasteiger partial charge in [-0.1, -0.05) is 17.3 Å². The second kappa shape index (κ2) is 12.4. The highest BCUT2D eigenvalue weighted by molar-refractivity contribution is 8.00. The van der Waals surface area contributed by atoms with E-state index in [2.05, 4.69) is 15.5 Å². The van der Waals surface area contributed by atoms with Crippen LogP contribution in [-0.2, 0) is 38.2 Å². The summed E-state index contributed by atoms with van der Waals surface area (Å²) in [7, 11) is 1.28. The quantitative estimate of drug-likeness (QED) is 0.140. The van der Waals surface area contributed by atoms with Gasteiger partial charge in [-0.25, -0.2) is 9.78 Å². The number of anilines is 1. The lowest BCUT2D eigenvalue weighted by Crippen LogP contribution is -2.71. The molecule has 15 heteroatoms. The van der Waals surface area contributed by atoms with E-state index in [1.54, 1.807) is 32.2 Å². The second-order valence-electron chi connectivity index (χ2n) is 10.1. The summed E-state index contributed by atoms with van der Waals surface area (Å²) in [4.78, 5) is 61.7. The van der Waals surface area contributed by atoms with Gasteiger partial charge in [-0.15, -0.1) is 23.1 Å². The molecule has 13 nitrogen and oxygen atoms in total. The number of nitrogen functional groups attached to an aromatic ring is 1. The minimum absolute atomic E-state index is 0.0263. The van der Waals surface area contributed by atoms with E-state index in [1.807, 2.05) is 6.08 Å². The zero-order chi connectivity index (χ0) is 29.0. The number of nitrogens with zero attached hydrogens (tertiary/aromatic N) is 3. The molecule has 0 spiro atoms. The fourth-order valence-electron chi connectivity index (χ4n) is 4.06. The van der Waals surface area contributed by atoms with E-state index in [9.17, 15) is 19.2 Å². The fraction of sp³-hybridized carbons (Fsp3) is 0.520. The Balaban J connectivity index is 1.51. The molecular formula is C25H31N5O8S2. The molecule has 4 rings (SSSR count). The number of carbonyl (C=O) groups is 4. The number of hydrogen-bond donors (Lipinski definition) is 2. The number of thiazole rings is 1. The van der Waals surface area contributed by atoms with Crippen LogP contribution in [0.15, 0.2) is 34.0 Å². The predicted octanol–water partition coefficient (Wildman–Crippen LogP) is 1.56. The van der Waals surface area contributed by atoms with Gasteiger partial charge >= 0.3 is 11.9 Å². The molecule has 0 aliphatic carbocycles. The number of β-lactam (4-membered cyclic amide) rings is 1. The van der Waals surface area contributed by atoms with Gasteiger partial charge in [0, 0.05) is 17.7 Å². The molecule has 1 unspecified atom stereocenters. The summed E-state index contributed by atoms with van der Waals surface area (Å²) >= 11 is 2.51. The molecule has 1 aromatic rings. The van der Waals surface area contributed by atoms with E-state index in [1.165, 1.54) is 23.8 Å². The van der Waals surface area contributed by atoms with Gasteiger partial charge in [0.15, 0.2) is 10.8 Å². The molecule has 2 saturated heterocycles. The molecule has 2 fully saturated rings. The van der Waals surface area contributed by atoms with Gasteiger partial charge in [0.05, 0.1) is 11.5 Å². The molecule has 0 aromatic carbocycles. The SMILES string of the molecule is CO/N=C(\C(=O)N[C@@H]1C(=O)N2C(C(=O)OCOC(=O)C(C)(C)C)=C(/C=C/C3CCCO3)CS[C@H]12)c1csc(N)n1. The number of hydrogen-bond acceptors (Lipinski definition) is 13. The largest absolute Gasteiger partial charge is 0.427 e. The third kappa shape index (κ3) is 6.47. The Morgan fingerprint density at radius 2 is 2.10 bits per heavy atom. The van der Waals surface area contributed by atoms with Crippen LogP contribution in [0.3, 0.4) is 0 Å². The highest BCUT2D eigenvalue weighted by atomic mass is 32.2. The molecule has 216 valence electrons. The summed E-state index contributed by atoms with van der Waals surface area (Å²) in [5.41, 5.74) is 5.55. The number of esters is 2. The second-order valence-corrected chi connectivity index (χ2v) is 12.1. The minimum Gasteiger partial charge on any atom is -0.427 e. The van der Waals surface area contributed by atoms with Crippen LogP contribution in [-0.4, -0.2) is 83.1 Å².